The van der Waals surface area contributed by atoms with E-state index < -0.39 is 35.6 Å². The summed E-state index contributed by atoms with van der Waals surface area (Å²) in [6.07, 6.45) is -1.44. The number of rotatable bonds is 9. The maximum Gasteiger partial charge on any atom is 0.249 e. The number of aryl methyl sites for hydroxylation is 1. The normalized spacial score (nSPS) is 12.6. The van der Waals surface area contributed by atoms with Gasteiger partial charge in [-0.2, -0.15) is 0 Å². The van der Waals surface area contributed by atoms with Gasteiger partial charge in [-0.05, 0) is 41.8 Å². The van der Waals surface area contributed by atoms with Crippen molar-refractivity contribution < 1.29 is 23.5 Å². The molecule has 0 aliphatic heterocycles. The van der Waals surface area contributed by atoms with Crippen molar-refractivity contribution in [2.24, 2.45) is 0 Å². The number of benzene rings is 2. The van der Waals surface area contributed by atoms with Gasteiger partial charge in [0.1, 0.15) is 18.0 Å². The molecule has 0 saturated carbocycles. The molecule has 7 nitrogen and oxygen atoms in total. The van der Waals surface area contributed by atoms with Crippen LogP contribution in [0.5, 0.6) is 0 Å². The van der Waals surface area contributed by atoms with E-state index in [0.717, 1.165) is 23.3 Å². The Balaban J connectivity index is 1.72. The molecule has 1 heterocycles. The molecule has 0 bridgehead atoms. The van der Waals surface area contributed by atoms with Gasteiger partial charge in [0.2, 0.25) is 11.8 Å². The van der Waals surface area contributed by atoms with Crippen molar-refractivity contribution in [3.8, 4) is 0 Å². The summed E-state index contributed by atoms with van der Waals surface area (Å²) >= 11 is 0. The lowest BCUT2D eigenvalue weighted by Crippen LogP contribution is -2.51. The first kappa shape index (κ1) is 24.8. The van der Waals surface area contributed by atoms with Crippen molar-refractivity contribution in [3.05, 3.63) is 94.7 Å². The zero-order valence-corrected chi connectivity index (χ0v) is 18.6. The molecule has 5 N–H and O–H groups in total. The van der Waals surface area contributed by atoms with Crippen LogP contribution in [-0.2, 0) is 29.0 Å². The largest absolute Gasteiger partial charge is 0.384 e. The van der Waals surface area contributed by atoms with E-state index in [-0.39, 0.29) is 19.4 Å². The van der Waals surface area contributed by atoms with Crippen LogP contribution in [0.15, 0.2) is 60.7 Å². The maximum atomic E-state index is 13.7. The Hall–Kier alpha value is -3.85. The molecule has 0 spiro atoms. The molecular formula is C25H26F2N4O3. The smallest absolute Gasteiger partial charge is 0.249 e. The number of nitrogens with zero attached hydrogens (tertiary/aromatic N) is 1. The van der Waals surface area contributed by atoms with Crippen LogP contribution in [0, 0.1) is 18.6 Å². The van der Waals surface area contributed by atoms with Crippen LogP contribution in [0.25, 0.3) is 0 Å². The van der Waals surface area contributed by atoms with E-state index in [2.05, 4.69) is 15.6 Å². The second kappa shape index (κ2) is 11.3. The third kappa shape index (κ3) is 6.82. The van der Waals surface area contributed by atoms with Crippen molar-refractivity contribution in [3.63, 3.8) is 0 Å². The molecule has 0 radical (unpaired) electrons. The lowest BCUT2D eigenvalue weighted by atomic mass is 10.0. The summed E-state index contributed by atoms with van der Waals surface area (Å²) in [7, 11) is 0. The third-order valence-electron chi connectivity index (χ3n) is 5.30. The van der Waals surface area contributed by atoms with E-state index >= 15 is 0 Å². The fraction of sp³-hybridized carbons (Fsp3) is 0.240. The number of hydrogen-bond acceptors (Lipinski definition) is 5. The molecule has 0 saturated heterocycles. The summed E-state index contributed by atoms with van der Waals surface area (Å²) in [4.78, 5) is 29.7. The lowest BCUT2D eigenvalue weighted by Gasteiger charge is -2.21. The fourth-order valence-electron chi connectivity index (χ4n) is 3.41. The topological polar surface area (TPSA) is 117 Å². The zero-order valence-electron chi connectivity index (χ0n) is 18.6. The maximum absolute atomic E-state index is 13.7. The van der Waals surface area contributed by atoms with E-state index in [4.69, 9.17) is 5.73 Å². The van der Waals surface area contributed by atoms with Crippen LogP contribution in [0.2, 0.25) is 0 Å². The van der Waals surface area contributed by atoms with Crippen molar-refractivity contribution in [1.29, 1.82) is 0 Å². The molecule has 3 aromatic rings. The Morgan fingerprint density at radius 1 is 0.971 bits per heavy atom. The number of halogens is 2. The molecule has 2 amide bonds. The second-order valence-electron chi connectivity index (χ2n) is 7.92. The standard InChI is InChI=1S/C25H26F2N4O3/c1-15-18(8-10-23(28)30-15)14-29-24(33)21(12-17-7-9-19(26)20(27)11-17)31-25(34)22(32)13-16-5-3-2-4-6-16/h2-11,21-22,32H,12-14H2,1H3,(H2,28,30)(H,29,33)(H,31,34)/t21-,22?/m0/s1. The Morgan fingerprint density at radius 2 is 1.71 bits per heavy atom. The Kier molecular flexibility index (Phi) is 8.26. The lowest BCUT2D eigenvalue weighted by molar-refractivity contribution is -0.134. The highest BCUT2D eigenvalue weighted by atomic mass is 19.2. The molecule has 1 aromatic heterocycles. The van der Waals surface area contributed by atoms with Gasteiger partial charge in [-0.1, -0.05) is 42.5 Å². The van der Waals surface area contributed by atoms with Gasteiger partial charge < -0.3 is 21.5 Å². The van der Waals surface area contributed by atoms with Crippen LogP contribution in [0.4, 0.5) is 14.6 Å². The number of nitrogens with two attached hydrogens (primary N) is 1. The van der Waals surface area contributed by atoms with Crippen molar-refractivity contribution >= 4 is 17.6 Å². The fourth-order valence-corrected chi connectivity index (χ4v) is 3.41. The van der Waals surface area contributed by atoms with Crippen LogP contribution >= 0.6 is 0 Å². The number of carbonyl (C=O) groups is 2. The average Bonchev–Trinajstić information content (AvgIpc) is 2.80. The molecule has 34 heavy (non-hydrogen) atoms. The monoisotopic (exact) mass is 468 g/mol. The summed E-state index contributed by atoms with van der Waals surface area (Å²) in [6.45, 7) is 1.87. The molecule has 0 aliphatic rings. The van der Waals surface area contributed by atoms with Crippen molar-refractivity contribution in [2.75, 3.05) is 5.73 Å². The number of nitrogen functional groups attached to an aromatic ring is 1. The highest BCUT2D eigenvalue weighted by Crippen LogP contribution is 2.12. The number of nitrogens with one attached hydrogen (secondary N) is 2. The van der Waals surface area contributed by atoms with Gasteiger partial charge in [-0.25, -0.2) is 13.8 Å². The molecule has 3 rings (SSSR count). The van der Waals surface area contributed by atoms with Gasteiger partial charge >= 0.3 is 0 Å². The number of carbonyl (C=O) groups excluding carboxylic acids is 2. The van der Waals surface area contributed by atoms with Gasteiger partial charge in [0.25, 0.3) is 0 Å². The van der Waals surface area contributed by atoms with Crippen LogP contribution in [-0.4, -0.2) is 34.1 Å². The minimum absolute atomic E-state index is 0.0580. The first-order valence-corrected chi connectivity index (χ1v) is 10.7. The summed E-state index contributed by atoms with van der Waals surface area (Å²) in [5, 5.41) is 15.6. The highest BCUT2D eigenvalue weighted by Gasteiger charge is 2.25. The number of aromatic nitrogens is 1. The summed E-state index contributed by atoms with van der Waals surface area (Å²) in [5.41, 5.74) is 8.07. The molecule has 178 valence electrons. The van der Waals surface area contributed by atoms with Crippen molar-refractivity contribution in [2.45, 2.75) is 38.5 Å². The van der Waals surface area contributed by atoms with Crippen LogP contribution in [0.1, 0.15) is 22.4 Å². The number of hydrogen-bond donors (Lipinski definition) is 4. The molecule has 0 aliphatic carbocycles. The molecular weight excluding hydrogens is 442 g/mol. The Bertz CT molecular complexity index is 1160. The number of amides is 2. The third-order valence-corrected chi connectivity index (χ3v) is 5.30. The first-order valence-electron chi connectivity index (χ1n) is 10.7. The molecule has 2 atom stereocenters. The van der Waals surface area contributed by atoms with Gasteiger partial charge in [0, 0.05) is 25.1 Å². The van der Waals surface area contributed by atoms with Crippen LogP contribution < -0.4 is 16.4 Å². The van der Waals surface area contributed by atoms with Gasteiger partial charge in [0.15, 0.2) is 11.6 Å². The highest BCUT2D eigenvalue weighted by molar-refractivity contribution is 5.89. The SMILES string of the molecule is Cc1nc(N)ccc1CNC(=O)[C@H](Cc1ccc(F)c(F)c1)NC(=O)C(O)Cc1ccccc1. The summed E-state index contributed by atoms with van der Waals surface area (Å²) < 4.78 is 27.0. The minimum atomic E-state index is -1.40. The Morgan fingerprint density at radius 3 is 2.38 bits per heavy atom. The first-order chi connectivity index (χ1) is 16.2. The van der Waals surface area contributed by atoms with Gasteiger partial charge in [-0.3, -0.25) is 9.59 Å². The predicted molar refractivity (Wildman–Crippen MR) is 123 cm³/mol. The zero-order chi connectivity index (χ0) is 24.7. The number of aliphatic hydroxyl groups is 1. The molecule has 1 unspecified atom stereocenters. The van der Waals surface area contributed by atoms with E-state index in [9.17, 15) is 23.5 Å². The number of aliphatic hydroxyl groups excluding tert-OH is 1. The quantitative estimate of drug-likeness (QED) is 0.384. The molecule has 2 aromatic carbocycles. The summed E-state index contributed by atoms with van der Waals surface area (Å²) in [6, 6.07) is 14.4. The number of anilines is 1. The predicted octanol–water partition coefficient (Wildman–Crippen LogP) is 2.20. The average molecular weight is 469 g/mol. The minimum Gasteiger partial charge on any atom is -0.384 e. The second-order valence-corrected chi connectivity index (χ2v) is 7.92. The number of pyridine rings is 1. The van der Waals surface area contributed by atoms with Crippen molar-refractivity contribution in [1.82, 2.24) is 15.6 Å². The van der Waals surface area contributed by atoms with Crippen LogP contribution in [0.3, 0.4) is 0 Å². The summed E-state index contributed by atoms with van der Waals surface area (Å²) in [5.74, 6) is -3.03. The Labute approximate surface area is 196 Å². The molecule has 0 fully saturated rings. The van der Waals surface area contributed by atoms with Gasteiger partial charge in [-0.15, -0.1) is 0 Å². The molecule has 9 heteroatoms. The van der Waals surface area contributed by atoms with Gasteiger partial charge in [0.05, 0.1) is 0 Å². The van der Waals surface area contributed by atoms with E-state index in [0.29, 0.717) is 17.1 Å². The van der Waals surface area contributed by atoms with E-state index in [1.54, 1.807) is 43.3 Å². The van der Waals surface area contributed by atoms with E-state index in [1.165, 1.54) is 6.07 Å². The van der Waals surface area contributed by atoms with E-state index in [1.807, 2.05) is 6.07 Å².